The quantitative estimate of drug-likeness (QED) is 0.822. The molecule has 1 aromatic rings. The summed E-state index contributed by atoms with van der Waals surface area (Å²) in [6.45, 7) is 10.2. The summed E-state index contributed by atoms with van der Waals surface area (Å²) in [4.78, 5) is 0.859. The van der Waals surface area contributed by atoms with Crippen LogP contribution >= 0.6 is 0 Å². The summed E-state index contributed by atoms with van der Waals surface area (Å²) >= 11 is 0. The Morgan fingerprint density at radius 2 is 1.72 bits per heavy atom. The van der Waals surface area contributed by atoms with Crippen molar-refractivity contribution >= 4 is 11.0 Å². The van der Waals surface area contributed by atoms with Gasteiger partial charge in [0.05, 0.1) is 12.0 Å². The number of rotatable bonds is 5. The van der Waals surface area contributed by atoms with Crippen LogP contribution < -0.4 is 4.74 Å². The van der Waals surface area contributed by atoms with Crippen molar-refractivity contribution in [3.05, 3.63) is 23.8 Å². The van der Waals surface area contributed by atoms with E-state index in [-0.39, 0.29) is 12.1 Å². The predicted molar refractivity (Wildman–Crippen MR) is 76.3 cm³/mol. The zero-order valence-corrected chi connectivity index (χ0v) is 12.9. The molecule has 0 bridgehead atoms. The van der Waals surface area contributed by atoms with Crippen LogP contribution in [0.1, 0.15) is 33.3 Å². The molecule has 0 aliphatic rings. The summed E-state index contributed by atoms with van der Waals surface area (Å²) in [6, 6.07) is 6.16. The highest BCUT2D eigenvalue weighted by atomic mass is 32.2. The topological polar surface area (TPSA) is 29.5 Å². The SMILES string of the molecule is COc1ccc(S(=O)N(C(C)C)C(C)C)c(C)c1. The van der Waals surface area contributed by atoms with Crippen LogP contribution in [0.15, 0.2) is 23.1 Å². The number of benzene rings is 1. The molecule has 0 aliphatic carbocycles. The summed E-state index contributed by atoms with van der Waals surface area (Å²) in [5.41, 5.74) is 0.999. The normalized spacial score (nSPS) is 13.4. The predicted octanol–water partition coefficient (Wildman–Crippen LogP) is 3.15. The minimum Gasteiger partial charge on any atom is -0.497 e. The molecule has 0 saturated heterocycles. The molecular weight excluding hydrogens is 246 g/mol. The highest BCUT2D eigenvalue weighted by Gasteiger charge is 2.22. The Morgan fingerprint density at radius 1 is 1.17 bits per heavy atom. The van der Waals surface area contributed by atoms with Gasteiger partial charge in [-0.1, -0.05) is 0 Å². The minimum atomic E-state index is -1.13. The molecule has 18 heavy (non-hydrogen) atoms. The van der Waals surface area contributed by atoms with Crippen LogP contribution in [0.2, 0.25) is 0 Å². The Bertz CT molecular complexity index is 422. The summed E-state index contributed by atoms with van der Waals surface area (Å²) in [7, 11) is 0.513. The van der Waals surface area contributed by atoms with Crippen molar-refractivity contribution < 1.29 is 8.95 Å². The van der Waals surface area contributed by atoms with Gasteiger partial charge in [0.25, 0.3) is 0 Å². The van der Waals surface area contributed by atoms with Gasteiger partial charge in [-0.2, -0.15) is 0 Å². The monoisotopic (exact) mass is 269 g/mol. The largest absolute Gasteiger partial charge is 0.497 e. The van der Waals surface area contributed by atoms with E-state index in [0.717, 1.165) is 16.2 Å². The molecule has 0 aromatic heterocycles. The Hall–Kier alpha value is -0.870. The van der Waals surface area contributed by atoms with Crippen LogP contribution in [0, 0.1) is 6.92 Å². The second-order valence-electron chi connectivity index (χ2n) is 4.93. The molecule has 1 rings (SSSR count). The van der Waals surface area contributed by atoms with Gasteiger partial charge in [-0.25, -0.2) is 8.51 Å². The van der Waals surface area contributed by atoms with Crippen molar-refractivity contribution in [3.8, 4) is 5.75 Å². The van der Waals surface area contributed by atoms with Crippen LogP contribution in [-0.2, 0) is 11.0 Å². The van der Waals surface area contributed by atoms with Gasteiger partial charge in [0.15, 0.2) is 0 Å². The van der Waals surface area contributed by atoms with Crippen molar-refractivity contribution in [1.29, 1.82) is 0 Å². The third-order valence-electron chi connectivity index (χ3n) is 2.78. The van der Waals surface area contributed by atoms with Gasteiger partial charge in [-0.05, 0) is 58.4 Å². The lowest BCUT2D eigenvalue weighted by atomic mass is 10.2. The van der Waals surface area contributed by atoms with Gasteiger partial charge in [-0.15, -0.1) is 0 Å². The van der Waals surface area contributed by atoms with Gasteiger partial charge in [-0.3, -0.25) is 0 Å². The lowest BCUT2D eigenvalue weighted by molar-refractivity contribution is 0.320. The maximum absolute atomic E-state index is 12.6. The molecule has 0 aliphatic heterocycles. The molecule has 1 atom stereocenters. The minimum absolute atomic E-state index is 0.243. The number of methoxy groups -OCH3 is 1. The van der Waals surface area contributed by atoms with Gasteiger partial charge in [0.1, 0.15) is 16.7 Å². The van der Waals surface area contributed by atoms with E-state index in [1.165, 1.54) is 0 Å². The Labute approximate surface area is 113 Å². The van der Waals surface area contributed by atoms with E-state index in [2.05, 4.69) is 27.7 Å². The summed E-state index contributed by atoms with van der Waals surface area (Å²) in [5, 5.41) is 0. The first-order valence-corrected chi connectivity index (χ1v) is 7.34. The van der Waals surface area contributed by atoms with Crippen molar-refractivity contribution in [2.75, 3.05) is 7.11 Å². The first-order chi connectivity index (χ1) is 8.38. The molecule has 1 unspecified atom stereocenters. The average molecular weight is 269 g/mol. The number of hydrogen-bond donors (Lipinski definition) is 0. The smallest absolute Gasteiger partial charge is 0.128 e. The molecule has 102 valence electrons. The number of ether oxygens (including phenoxy) is 1. The lowest BCUT2D eigenvalue weighted by Crippen LogP contribution is -2.38. The van der Waals surface area contributed by atoms with E-state index in [1.54, 1.807) is 7.11 Å². The Morgan fingerprint density at radius 3 is 2.11 bits per heavy atom. The molecule has 0 fully saturated rings. The molecule has 3 nitrogen and oxygen atoms in total. The van der Waals surface area contributed by atoms with Gasteiger partial charge < -0.3 is 4.74 Å². The van der Waals surface area contributed by atoms with Gasteiger partial charge in [0, 0.05) is 12.1 Å². The number of nitrogens with zero attached hydrogens (tertiary/aromatic N) is 1. The maximum Gasteiger partial charge on any atom is 0.128 e. The van der Waals surface area contributed by atoms with Crippen LogP contribution in [0.5, 0.6) is 5.75 Å². The molecule has 0 N–H and O–H groups in total. The molecule has 1 aromatic carbocycles. The third-order valence-corrected chi connectivity index (χ3v) is 4.84. The van der Waals surface area contributed by atoms with Crippen molar-refractivity contribution in [3.63, 3.8) is 0 Å². The fourth-order valence-corrected chi connectivity index (χ4v) is 3.55. The zero-order valence-electron chi connectivity index (χ0n) is 12.1. The second-order valence-corrected chi connectivity index (χ2v) is 6.29. The molecule has 0 radical (unpaired) electrons. The molecule has 0 amide bonds. The van der Waals surface area contributed by atoms with Crippen LogP contribution in [0.4, 0.5) is 0 Å². The Balaban J connectivity index is 3.09. The second kappa shape index (κ2) is 6.34. The summed E-state index contributed by atoms with van der Waals surface area (Å²) in [6.07, 6.45) is 0. The first-order valence-electron chi connectivity index (χ1n) is 6.23. The van der Waals surface area contributed by atoms with Crippen LogP contribution in [-0.4, -0.2) is 27.7 Å². The van der Waals surface area contributed by atoms with Gasteiger partial charge in [0.2, 0.25) is 0 Å². The van der Waals surface area contributed by atoms with E-state index < -0.39 is 11.0 Å². The van der Waals surface area contributed by atoms with E-state index in [1.807, 2.05) is 29.4 Å². The molecular formula is C14H23NO2S. The fraction of sp³-hybridized carbons (Fsp3) is 0.571. The number of hydrogen-bond acceptors (Lipinski definition) is 2. The van der Waals surface area contributed by atoms with E-state index >= 15 is 0 Å². The first kappa shape index (κ1) is 15.2. The van der Waals surface area contributed by atoms with Gasteiger partial charge >= 0.3 is 0 Å². The third kappa shape index (κ3) is 3.33. The fourth-order valence-electron chi connectivity index (χ4n) is 2.04. The molecule has 4 heteroatoms. The standard InChI is InChI=1S/C14H23NO2S/c1-10(2)15(11(3)4)18(16)14-8-7-13(17-6)9-12(14)5/h7-11H,1-6H3. The van der Waals surface area contributed by atoms with Crippen LogP contribution in [0.3, 0.4) is 0 Å². The van der Waals surface area contributed by atoms with Crippen molar-refractivity contribution in [2.45, 2.75) is 51.6 Å². The van der Waals surface area contributed by atoms with Crippen molar-refractivity contribution in [1.82, 2.24) is 4.31 Å². The maximum atomic E-state index is 12.6. The molecule has 0 heterocycles. The Kier molecular flexibility index (Phi) is 5.35. The zero-order chi connectivity index (χ0) is 13.9. The summed E-state index contributed by atoms with van der Waals surface area (Å²) < 4.78 is 19.8. The van der Waals surface area contributed by atoms with Crippen LogP contribution in [0.25, 0.3) is 0 Å². The summed E-state index contributed by atoms with van der Waals surface area (Å²) in [5.74, 6) is 0.800. The van der Waals surface area contributed by atoms with E-state index in [9.17, 15) is 4.21 Å². The number of aryl methyl sites for hydroxylation is 1. The lowest BCUT2D eigenvalue weighted by Gasteiger charge is -2.29. The molecule has 0 spiro atoms. The highest BCUT2D eigenvalue weighted by molar-refractivity contribution is 7.82. The molecule has 0 saturated carbocycles. The van der Waals surface area contributed by atoms with E-state index in [4.69, 9.17) is 4.74 Å². The van der Waals surface area contributed by atoms with Crippen molar-refractivity contribution in [2.24, 2.45) is 0 Å². The van der Waals surface area contributed by atoms with E-state index in [0.29, 0.717) is 0 Å². The average Bonchev–Trinajstić information content (AvgIpc) is 2.27. The highest BCUT2D eigenvalue weighted by Crippen LogP contribution is 2.23.